The molecule has 2 saturated carbocycles. The van der Waals surface area contributed by atoms with E-state index in [0.717, 1.165) is 25.1 Å². The van der Waals surface area contributed by atoms with E-state index in [0.29, 0.717) is 27.6 Å². The van der Waals surface area contributed by atoms with Gasteiger partial charge < -0.3 is 15.2 Å². The molecule has 1 aromatic carbocycles. The van der Waals surface area contributed by atoms with Gasteiger partial charge in [0.05, 0.1) is 5.69 Å². The molecule has 2 aromatic rings. The van der Waals surface area contributed by atoms with Crippen LogP contribution >= 0.6 is 15.9 Å². The fourth-order valence-corrected chi connectivity index (χ4v) is 4.11. The third-order valence-corrected chi connectivity index (χ3v) is 6.15. The topological polar surface area (TPSA) is 84.2 Å². The minimum atomic E-state index is -0.328. The first kappa shape index (κ1) is 19.2. The van der Waals surface area contributed by atoms with Gasteiger partial charge in [0.25, 0.3) is 11.8 Å². The standard InChI is InChI=1S/C21H24BrN3O3/c22-16-10-15(20(26)23-12-13-4-2-1-3-5-13)8-9-17(16)24-21(27)18-11-19(28-25-18)14-6-7-14/h8-11,13-14H,1-7,12H2,(H,23,26)(H,24,27). The quantitative estimate of drug-likeness (QED) is 0.663. The predicted octanol–water partition coefficient (Wildman–Crippen LogP) is 4.88. The average molecular weight is 446 g/mol. The van der Waals surface area contributed by atoms with Crippen molar-refractivity contribution >= 4 is 33.4 Å². The van der Waals surface area contributed by atoms with Crippen LogP contribution in [0, 0.1) is 5.92 Å². The highest BCUT2D eigenvalue weighted by atomic mass is 79.9. The van der Waals surface area contributed by atoms with Crippen molar-refractivity contribution in [3.05, 3.63) is 45.8 Å². The number of benzene rings is 1. The van der Waals surface area contributed by atoms with Crippen LogP contribution in [-0.2, 0) is 0 Å². The summed E-state index contributed by atoms with van der Waals surface area (Å²) >= 11 is 3.44. The molecule has 2 fully saturated rings. The highest BCUT2D eigenvalue weighted by Crippen LogP contribution is 2.40. The number of rotatable bonds is 6. The second-order valence-electron chi connectivity index (χ2n) is 7.75. The molecule has 2 amide bonds. The third kappa shape index (κ3) is 4.63. The van der Waals surface area contributed by atoms with Gasteiger partial charge in [-0.15, -0.1) is 0 Å². The van der Waals surface area contributed by atoms with Crippen molar-refractivity contribution in [2.45, 2.75) is 50.9 Å². The summed E-state index contributed by atoms with van der Waals surface area (Å²) in [7, 11) is 0. The van der Waals surface area contributed by atoms with Gasteiger partial charge in [0.1, 0.15) is 5.76 Å². The van der Waals surface area contributed by atoms with E-state index in [-0.39, 0.29) is 17.5 Å². The Labute approximate surface area is 172 Å². The lowest BCUT2D eigenvalue weighted by Gasteiger charge is -2.21. The van der Waals surface area contributed by atoms with E-state index >= 15 is 0 Å². The van der Waals surface area contributed by atoms with Gasteiger partial charge in [-0.25, -0.2) is 0 Å². The van der Waals surface area contributed by atoms with Crippen LogP contribution in [0.5, 0.6) is 0 Å². The third-order valence-electron chi connectivity index (χ3n) is 5.50. The van der Waals surface area contributed by atoms with Crippen LogP contribution in [0.15, 0.2) is 33.3 Å². The average Bonchev–Trinajstić information content (AvgIpc) is 3.44. The summed E-state index contributed by atoms with van der Waals surface area (Å²) in [6.45, 7) is 0.727. The Balaban J connectivity index is 1.35. The monoisotopic (exact) mass is 445 g/mol. The molecule has 2 N–H and O–H groups in total. The fourth-order valence-electron chi connectivity index (χ4n) is 3.63. The predicted molar refractivity (Wildman–Crippen MR) is 109 cm³/mol. The van der Waals surface area contributed by atoms with E-state index in [1.54, 1.807) is 24.3 Å². The Morgan fingerprint density at radius 1 is 1.07 bits per heavy atom. The summed E-state index contributed by atoms with van der Waals surface area (Å²) in [4.78, 5) is 24.8. The van der Waals surface area contributed by atoms with Crippen molar-refractivity contribution in [2.75, 3.05) is 11.9 Å². The molecule has 28 heavy (non-hydrogen) atoms. The number of aromatic nitrogens is 1. The molecule has 0 bridgehead atoms. The number of amides is 2. The van der Waals surface area contributed by atoms with Gasteiger partial charge in [0.2, 0.25) is 0 Å². The first-order valence-electron chi connectivity index (χ1n) is 9.96. The zero-order valence-electron chi connectivity index (χ0n) is 15.7. The lowest BCUT2D eigenvalue weighted by atomic mass is 9.89. The van der Waals surface area contributed by atoms with E-state index in [2.05, 4.69) is 31.7 Å². The molecule has 1 aromatic heterocycles. The van der Waals surface area contributed by atoms with Gasteiger partial charge >= 0.3 is 0 Å². The second-order valence-corrected chi connectivity index (χ2v) is 8.61. The normalized spacial score (nSPS) is 17.3. The first-order valence-corrected chi connectivity index (χ1v) is 10.7. The van der Waals surface area contributed by atoms with Crippen molar-refractivity contribution < 1.29 is 14.1 Å². The van der Waals surface area contributed by atoms with Gasteiger partial charge in [0.15, 0.2) is 5.69 Å². The van der Waals surface area contributed by atoms with E-state index in [9.17, 15) is 9.59 Å². The molecule has 1 heterocycles. The van der Waals surface area contributed by atoms with Crippen molar-refractivity contribution in [3.63, 3.8) is 0 Å². The Morgan fingerprint density at radius 2 is 1.86 bits per heavy atom. The number of carbonyl (C=O) groups excluding carboxylic acids is 2. The van der Waals surface area contributed by atoms with Crippen molar-refractivity contribution in [1.82, 2.24) is 10.5 Å². The molecule has 7 heteroatoms. The molecule has 0 saturated heterocycles. The van der Waals surface area contributed by atoms with E-state index in [1.165, 1.54) is 32.1 Å². The number of anilines is 1. The molecule has 2 aliphatic rings. The summed E-state index contributed by atoms with van der Waals surface area (Å²) in [6, 6.07) is 6.87. The van der Waals surface area contributed by atoms with Crippen LogP contribution in [0.3, 0.4) is 0 Å². The molecule has 0 atom stereocenters. The molecule has 6 nitrogen and oxygen atoms in total. The largest absolute Gasteiger partial charge is 0.360 e. The summed E-state index contributed by atoms with van der Waals surface area (Å²) < 4.78 is 5.88. The van der Waals surface area contributed by atoms with Crippen LogP contribution in [0.1, 0.15) is 77.5 Å². The number of halogens is 1. The van der Waals surface area contributed by atoms with Crippen LogP contribution < -0.4 is 10.6 Å². The number of nitrogens with zero attached hydrogens (tertiary/aromatic N) is 1. The first-order chi connectivity index (χ1) is 13.6. The minimum Gasteiger partial charge on any atom is -0.360 e. The minimum absolute atomic E-state index is 0.0882. The molecule has 0 spiro atoms. The highest BCUT2D eigenvalue weighted by Gasteiger charge is 2.29. The summed E-state index contributed by atoms with van der Waals surface area (Å²) in [5.41, 5.74) is 1.42. The Morgan fingerprint density at radius 3 is 2.57 bits per heavy atom. The maximum absolute atomic E-state index is 12.4. The van der Waals surface area contributed by atoms with E-state index < -0.39 is 0 Å². The second kappa shape index (κ2) is 8.47. The number of nitrogens with one attached hydrogen (secondary N) is 2. The molecule has 2 aliphatic carbocycles. The van der Waals surface area contributed by atoms with Crippen molar-refractivity contribution in [3.8, 4) is 0 Å². The SMILES string of the molecule is O=C(NCC1CCCCC1)c1ccc(NC(=O)c2cc(C3CC3)on2)c(Br)c1. The smallest absolute Gasteiger partial charge is 0.277 e. The summed E-state index contributed by atoms with van der Waals surface area (Å²) in [6.07, 6.45) is 8.39. The molecule has 148 valence electrons. The van der Waals surface area contributed by atoms with Gasteiger partial charge in [0, 0.05) is 28.6 Å². The highest BCUT2D eigenvalue weighted by molar-refractivity contribution is 9.10. The number of hydrogen-bond donors (Lipinski definition) is 2. The van der Waals surface area contributed by atoms with Crippen LogP contribution in [0.4, 0.5) is 5.69 Å². The fraction of sp³-hybridized carbons (Fsp3) is 0.476. The van der Waals surface area contributed by atoms with Crippen molar-refractivity contribution in [2.24, 2.45) is 5.92 Å². The molecule has 0 aliphatic heterocycles. The summed E-state index contributed by atoms with van der Waals surface area (Å²) in [5, 5.41) is 9.69. The van der Waals surface area contributed by atoms with Crippen molar-refractivity contribution in [1.29, 1.82) is 0 Å². The Hall–Kier alpha value is -2.15. The van der Waals surface area contributed by atoms with Crippen LogP contribution in [0.2, 0.25) is 0 Å². The summed E-state index contributed by atoms with van der Waals surface area (Å²) in [5.74, 6) is 1.35. The van der Waals surface area contributed by atoms with Crippen LogP contribution in [-0.4, -0.2) is 23.5 Å². The van der Waals surface area contributed by atoms with Crippen LogP contribution in [0.25, 0.3) is 0 Å². The van der Waals surface area contributed by atoms with Gasteiger partial charge in [-0.3, -0.25) is 9.59 Å². The van der Waals surface area contributed by atoms with E-state index in [1.807, 2.05) is 0 Å². The van der Waals surface area contributed by atoms with E-state index in [4.69, 9.17) is 4.52 Å². The number of hydrogen-bond acceptors (Lipinski definition) is 4. The zero-order valence-corrected chi connectivity index (χ0v) is 17.3. The molecule has 4 rings (SSSR count). The lowest BCUT2D eigenvalue weighted by Crippen LogP contribution is -2.30. The Kier molecular flexibility index (Phi) is 5.80. The zero-order chi connectivity index (χ0) is 19.5. The van der Waals surface area contributed by atoms with Gasteiger partial charge in [-0.05, 0) is 65.7 Å². The molecule has 0 unspecified atom stereocenters. The molecule has 0 radical (unpaired) electrons. The number of carbonyl (C=O) groups is 2. The maximum atomic E-state index is 12.4. The lowest BCUT2D eigenvalue weighted by molar-refractivity contribution is 0.0943. The van der Waals surface area contributed by atoms with Gasteiger partial charge in [-0.2, -0.15) is 0 Å². The molecular formula is C21H24BrN3O3. The van der Waals surface area contributed by atoms with Gasteiger partial charge in [-0.1, -0.05) is 24.4 Å². The maximum Gasteiger partial charge on any atom is 0.277 e. The molecular weight excluding hydrogens is 422 g/mol. The Bertz CT molecular complexity index is 870.